The molecule has 0 bridgehead atoms. The maximum Gasteiger partial charge on any atom is 0.358 e. The zero-order valence-corrected chi connectivity index (χ0v) is 8.70. The van der Waals surface area contributed by atoms with Crippen LogP contribution in [-0.2, 0) is 0 Å². The van der Waals surface area contributed by atoms with Gasteiger partial charge >= 0.3 is 5.97 Å². The average Bonchev–Trinajstić information content (AvgIpc) is 2.02. The van der Waals surface area contributed by atoms with E-state index in [1.165, 1.54) is 0 Å². The molecular weight excluding hydrogens is 311 g/mol. The van der Waals surface area contributed by atoms with Crippen molar-refractivity contribution in [3.05, 3.63) is 21.0 Å². The van der Waals surface area contributed by atoms with Gasteiger partial charge in [-0.15, -0.1) is 0 Å². The van der Waals surface area contributed by atoms with Crippen molar-refractivity contribution in [2.24, 2.45) is 0 Å². The van der Waals surface area contributed by atoms with E-state index in [1.54, 1.807) is 22.6 Å². The van der Waals surface area contributed by atoms with E-state index in [1.807, 2.05) is 0 Å². The number of halogens is 3. The molecule has 0 unspecified atom stereocenters. The van der Waals surface area contributed by atoms with Crippen LogP contribution in [0.2, 0.25) is 0 Å². The molecule has 1 heterocycles. The Hall–Kier alpha value is -0.990. The summed E-state index contributed by atoms with van der Waals surface area (Å²) in [5, 5.41) is 17.7. The molecule has 0 fully saturated rings. The van der Waals surface area contributed by atoms with Gasteiger partial charge in [0.25, 0.3) is 6.43 Å². The minimum Gasteiger partial charge on any atom is -0.505 e. The number of pyridine rings is 1. The summed E-state index contributed by atoms with van der Waals surface area (Å²) in [7, 11) is 0. The maximum atomic E-state index is 12.3. The monoisotopic (exact) mass is 315 g/mol. The van der Waals surface area contributed by atoms with E-state index in [0.717, 1.165) is 6.20 Å². The van der Waals surface area contributed by atoms with Gasteiger partial charge in [0, 0.05) is 9.77 Å². The number of rotatable bonds is 2. The van der Waals surface area contributed by atoms with Crippen LogP contribution < -0.4 is 0 Å². The molecule has 0 radical (unpaired) electrons. The number of carboxylic acid groups (broad SMARTS) is 1. The van der Waals surface area contributed by atoms with Gasteiger partial charge in [0.05, 0.1) is 5.56 Å². The number of alkyl halides is 2. The molecule has 0 aliphatic rings. The summed E-state index contributed by atoms with van der Waals surface area (Å²) in [6.45, 7) is 0. The summed E-state index contributed by atoms with van der Waals surface area (Å²) in [6.07, 6.45) is -1.95. The zero-order valence-electron chi connectivity index (χ0n) is 6.54. The lowest BCUT2D eigenvalue weighted by atomic mass is 10.2. The predicted octanol–water partition coefficient (Wildman–Crippen LogP) is 2.03. The lowest BCUT2D eigenvalue weighted by Crippen LogP contribution is -2.04. The Morgan fingerprint density at radius 2 is 2.14 bits per heavy atom. The highest BCUT2D eigenvalue weighted by Crippen LogP contribution is 2.33. The Balaban J connectivity index is 3.41. The molecule has 7 heteroatoms. The van der Waals surface area contributed by atoms with E-state index < -0.39 is 29.4 Å². The van der Waals surface area contributed by atoms with E-state index in [4.69, 9.17) is 5.11 Å². The molecule has 4 nitrogen and oxygen atoms in total. The second kappa shape index (κ2) is 4.03. The SMILES string of the molecule is O=C(O)c1ncc(I)c(C(F)F)c1O. The van der Waals surface area contributed by atoms with Gasteiger partial charge in [-0.2, -0.15) is 0 Å². The highest BCUT2D eigenvalue weighted by atomic mass is 127. The first-order chi connectivity index (χ1) is 6.45. The van der Waals surface area contributed by atoms with Gasteiger partial charge in [-0.05, 0) is 22.6 Å². The molecule has 1 rings (SSSR count). The molecule has 0 atom stereocenters. The number of aromatic carboxylic acids is 1. The van der Waals surface area contributed by atoms with Crippen molar-refractivity contribution < 1.29 is 23.8 Å². The summed E-state index contributed by atoms with van der Waals surface area (Å²) < 4.78 is 24.7. The van der Waals surface area contributed by atoms with Crippen LogP contribution in [0.5, 0.6) is 5.75 Å². The van der Waals surface area contributed by atoms with Crippen molar-refractivity contribution in [2.75, 3.05) is 0 Å². The molecular formula is C7H4F2INO3. The van der Waals surface area contributed by atoms with Gasteiger partial charge in [0.1, 0.15) is 0 Å². The van der Waals surface area contributed by atoms with E-state index >= 15 is 0 Å². The predicted molar refractivity (Wildman–Crippen MR) is 50.5 cm³/mol. The Labute approximate surface area is 90.7 Å². The third-order valence-electron chi connectivity index (χ3n) is 1.46. The van der Waals surface area contributed by atoms with E-state index in [0.29, 0.717) is 0 Å². The summed E-state index contributed by atoms with van der Waals surface area (Å²) in [5.41, 5.74) is -1.46. The fourth-order valence-corrected chi connectivity index (χ4v) is 1.49. The van der Waals surface area contributed by atoms with Crippen LogP contribution in [0.15, 0.2) is 6.20 Å². The second-order valence-electron chi connectivity index (χ2n) is 2.32. The summed E-state index contributed by atoms with van der Waals surface area (Å²) >= 11 is 1.55. The fourth-order valence-electron chi connectivity index (χ4n) is 0.857. The fraction of sp³-hybridized carbons (Fsp3) is 0.143. The van der Waals surface area contributed by atoms with Crippen molar-refractivity contribution in [1.82, 2.24) is 4.98 Å². The van der Waals surface area contributed by atoms with Crippen molar-refractivity contribution in [2.45, 2.75) is 6.43 Å². The third kappa shape index (κ3) is 1.91. The first kappa shape index (κ1) is 11.1. The van der Waals surface area contributed by atoms with Crippen molar-refractivity contribution in [3.8, 4) is 5.75 Å². The van der Waals surface area contributed by atoms with E-state index in [-0.39, 0.29) is 3.57 Å². The Morgan fingerprint density at radius 3 is 2.57 bits per heavy atom. The van der Waals surface area contributed by atoms with Gasteiger partial charge in [-0.1, -0.05) is 0 Å². The van der Waals surface area contributed by atoms with Gasteiger partial charge in [-0.3, -0.25) is 0 Å². The number of hydrogen-bond acceptors (Lipinski definition) is 3. The molecule has 0 amide bonds. The van der Waals surface area contributed by atoms with Crippen LogP contribution in [0.25, 0.3) is 0 Å². The summed E-state index contributed by atoms with van der Waals surface area (Å²) in [5.74, 6) is -2.51. The molecule has 0 saturated heterocycles. The second-order valence-corrected chi connectivity index (χ2v) is 3.49. The lowest BCUT2D eigenvalue weighted by molar-refractivity contribution is 0.0685. The minimum atomic E-state index is -2.93. The maximum absolute atomic E-state index is 12.3. The standard InChI is InChI=1S/C7H4F2INO3/c8-6(9)3-2(10)1-11-4(5(3)12)7(13)14/h1,6,12H,(H,13,14). The van der Waals surface area contributed by atoms with Crippen LogP contribution in [0.3, 0.4) is 0 Å². The van der Waals surface area contributed by atoms with Crippen molar-refractivity contribution in [1.29, 1.82) is 0 Å². The third-order valence-corrected chi connectivity index (χ3v) is 2.32. The van der Waals surface area contributed by atoms with E-state index in [2.05, 4.69) is 4.98 Å². The van der Waals surface area contributed by atoms with Gasteiger partial charge in [-0.25, -0.2) is 18.6 Å². The van der Waals surface area contributed by atoms with Crippen LogP contribution in [0.4, 0.5) is 8.78 Å². The highest BCUT2D eigenvalue weighted by molar-refractivity contribution is 14.1. The summed E-state index contributed by atoms with van der Waals surface area (Å²) in [6, 6.07) is 0. The van der Waals surface area contributed by atoms with Crippen LogP contribution in [0.1, 0.15) is 22.5 Å². The van der Waals surface area contributed by atoms with Gasteiger partial charge in [0.2, 0.25) is 0 Å². The van der Waals surface area contributed by atoms with Crippen LogP contribution >= 0.6 is 22.6 Å². The van der Waals surface area contributed by atoms with E-state index in [9.17, 15) is 18.7 Å². The molecule has 76 valence electrons. The van der Waals surface area contributed by atoms with Gasteiger partial charge < -0.3 is 10.2 Å². The largest absolute Gasteiger partial charge is 0.505 e. The first-order valence-corrected chi connectivity index (χ1v) is 4.41. The minimum absolute atomic E-state index is 0.0279. The number of aromatic nitrogens is 1. The van der Waals surface area contributed by atoms with Crippen LogP contribution in [0, 0.1) is 3.57 Å². The Kier molecular flexibility index (Phi) is 3.19. The summed E-state index contributed by atoms with van der Waals surface area (Å²) in [4.78, 5) is 13.8. The van der Waals surface area contributed by atoms with Gasteiger partial charge in [0.15, 0.2) is 11.4 Å². The molecule has 2 N–H and O–H groups in total. The normalized spacial score (nSPS) is 10.6. The molecule has 0 aromatic carbocycles. The molecule has 0 saturated carbocycles. The lowest BCUT2D eigenvalue weighted by Gasteiger charge is -2.07. The van der Waals surface area contributed by atoms with Crippen molar-refractivity contribution in [3.63, 3.8) is 0 Å². The molecule has 0 spiro atoms. The van der Waals surface area contributed by atoms with Crippen molar-refractivity contribution >= 4 is 28.6 Å². The zero-order chi connectivity index (χ0) is 10.9. The number of carbonyl (C=O) groups is 1. The molecule has 1 aromatic heterocycles. The quantitative estimate of drug-likeness (QED) is 0.819. The molecule has 14 heavy (non-hydrogen) atoms. The number of nitrogens with zero attached hydrogens (tertiary/aromatic N) is 1. The smallest absolute Gasteiger partial charge is 0.358 e. The highest BCUT2D eigenvalue weighted by Gasteiger charge is 2.23. The first-order valence-electron chi connectivity index (χ1n) is 3.34. The molecule has 1 aromatic rings. The Bertz CT molecular complexity index is 383. The number of carboxylic acids is 1. The number of hydrogen-bond donors (Lipinski definition) is 2. The van der Waals surface area contributed by atoms with Crippen LogP contribution in [-0.4, -0.2) is 21.2 Å². The Morgan fingerprint density at radius 1 is 1.57 bits per heavy atom. The topological polar surface area (TPSA) is 70.4 Å². The molecule has 0 aliphatic heterocycles. The number of aromatic hydroxyl groups is 1. The average molecular weight is 315 g/mol. The molecule has 0 aliphatic carbocycles.